The Morgan fingerprint density at radius 1 is 1.27 bits per heavy atom. The van der Waals surface area contributed by atoms with Gasteiger partial charge in [-0.05, 0) is 38.1 Å². The van der Waals surface area contributed by atoms with Gasteiger partial charge >= 0.3 is 0 Å². The highest BCUT2D eigenvalue weighted by Gasteiger charge is 2.25. The SMILES string of the molecule is CCOc1cccc2cc(C(C)NC(=O)c3ccc(S(C)(=O)=O)c([N+](=O)[O-])c3)oc12. The van der Waals surface area contributed by atoms with Crippen LogP contribution in [0.4, 0.5) is 5.69 Å². The van der Waals surface area contributed by atoms with Crippen molar-refractivity contribution < 1.29 is 27.3 Å². The molecule has 1 amide bonds. The van der Waals surface area contributed by atoms with Crippen LogP contribution in [0.5, 0.6) is 5.75 Å². The van der Waals surface area contributed by atoms with Crippen LogP contribution >= 0.6 is 0 Å². The zero-order valence-corrected chi connectivity index (χ0v) is 17.4. The van der Waals surface area contributed by atoms with Gasteiger partial charge in [0.2, 0.25) is 0 Å². The summed E-state index contributed by atoms with van der Waals surface area (Å²) in [5.41, 5.74) is -0.126. The number of carbonyl (C=O) groups is 1. The van der Waals surface area contributed by atoms with Crippen molar-refractivity contribution in [3.63, 3.8) is 0 Å². The number of hydrogen-bond donors (Lipinski definition) is 1. The van der Waals surface area contributed by atoms with E-state index in [9.17, 15) is 23.3 Å². The van der Waals surface area contributed by atoms with Crippen molar-refractivity contribution >= 4 is 32.4 Å². The third kappa shape index (κ3) is 4.28. The highest BCUT2D eigenvalue weighted by Crippen LogP contribution is 2.31. The normalized spacial score (nSPS) is 12.5. The molecule has 10 heteroatoms. The number of nitro benzene ring substituents is 1. The minimum Gasteiger partial charge on any atom is -0.490 e. The summed E-state index contributed by atoms with van der Waals surface area (Å²) < 4.78 is 34.9. The van der Waals surface area contributed by atoms with Gasteiger partial charge in [-0.3, -0.25) is 14.9 Å². The summed E-state index contributed by atoms with van der Waals surface area (Å²) >= 11 is 0. The zero-order valence-electron chi connectivity index (χ0n) is 16.5. The molecule has 1 aromatic heterocycles. The minimum atomic E-state index is -3.81. The molecule has 0 radical (unpaired) electrons. The quantitative estimate of drug-likeness (QED) is 0.446. The summed E-state index contributed by atoms with van der Waals surface area (Å²) in [4.78, 5) is 22.6. The number of nitrogens with one attached hydrogen (secondary N) is 1. The molecule has 0 saturated carbocycles. The fourth-order valence-electron chi connectivity index (χ4n) is 3.00. The summed E-state index contributed by atoms with van der Waals surface area (Å²) in [5.74, 6) is 0.468. The van der Waals surface area contributed by atoms with Gasteiger partial charge in [0.15, 0.2) is 21.2 Å². The van der Waals surface area contributed by atoms with Crippen molar-refractivity contribution in [3.05, 3.63) is 63.9 Å². The molecule has 0 bridgehead atoms. The van der Waals surface area contributed by atoms with Crippen LogP contribution < -0.4 is 10.1 Å². The van der Waals surface area contributed by atoms with Gasteiger partial charge in [0.1, 0.15) is 10.7 Å². The van der Waals surface area contributed by atoms with Gasteiger partial charge in [-0.2, -0.15) is 0 Å². The lowest BCUT2D eigenvalue weighted by atomic mass is 10.1. The first-order chi connectivity index (χ1) is 14.1. The number of nitro groups is 1. The lowest BCUT2D eigenvalue weighted by molar-refractivity contribution is -0.387. The van der Waals surface area contributed by atoms with E-state index in [1.165, 1.54) is 6.07 Å². The van der Waals surface area contributed by atoms with Gasteiger partial charge in [0.25, 0.3) is 11.6 Å². The minimum absolute atomic E-state index is 0.0351. The zero-order chi connectivity index (χ0) is 22.1. The fourth-order valence-corrected chi connectivity index (χ4v) is 3.83. The number of furan rings is 1. The first-order valence-corrected chi connectivity index (χ1v) is 11.0. The molecule has 158 valence electrons. The second kappa shape index (κ2) is 8.15. The lowest BCUT2D eigenvalue weighted by Gasteiger charge is -2.12. The lowest BCUT2D eigenvalue weighted by Crippen LogP contribution is -2.26. The Balaban J connectivity index is 1.87. The summed E-state index contributed by atoms with van der Waals surface area (Å²) in [6.07, 6.45) is 0.870. The van der Waals surface area contributed by atoms with Crippen molar-refractivity contribution in [1.82, 2.24) is 5.32 Å². The number of para-hydroxylation sites is 1. The van der Waals surface area contributed by atoms with E-state index in [1.807, 2.05) is 19.1 Å². The number of benzene rings is 2. The van der Waals surface area contributed by atoms with Gasteiger partial charge in [-0.1, -0.05) is 12.1 Å². The number of amides is 1. The molecule has 3 rings (SSSR count). The number of fused-ring (bicyclic) bond motifs is 1. The predicted molar refractivity (Wildman–Crippen MR) is 109 cm³/mol. The second-order valence-corrected chi connectivity index (χ2v) is 8.65. The van der Waals surface area contributed by atoms with Crippen LogP contribution in [0, 0.1) is 10.1 Å². The van der Waals surface area contributed by atoms with Crippen LogP contribution in [0.15, 0.2) is 51.8 Å². The number of sulfone groups is 1. The molecule has 3 aromatic rings. The summed E-state index contributed by atoms with van der Waals surface area (Å²) in [5, 5.41) is 14.8. The third-order valence-electron chi connectivity index (χ3n) is 4.42. The average Bonchev–Trinajstić information content (AvgIpc) is 3.12. The van der Waals surface area contributed by atoms with Gasteiger partial charge < -0.3 is 14.5 Å². The summed E-state index contributed by atoms with van der Waals surface area (Å²) in [6, 6.07) is 9.94. The number of rotatable bonds is 7. The van der Waals surface area contributed by atoms with E-state index in [4.69, 9.17) is 9.15 Å². The van der Waals surface area contributed by atoms with E-state index < -0.39 is 37.3 Å². The van der Waals surface area contributed by atoms with Crippen molar-refractivity contribution in [2.24, 2.45) is 0 Å². The maximum absolute atomic E-state index is 12.6. The largest absolute Gasteiger partial charge is 0.490 e. The monoisotopic (exact) mass is 432 g/mol. The number of hydrogen-bond acceptors (Lipinski definition) is 7. The molecule has 1 atom stereocenters. The maximum atomic E-state index is 12.6. The molecule has 2 aromatic carbocycles. The second-order valence-electron chi connectivity index (χ2n) is 6.66. The van der Waals surface area contributed by atoms with Crippen molar-refractivity contribution in [1.29, 1.82) is 0 Å². The maximum Gasteiger partial charge on any atom is 0.288 e. The molecule has 1 heterocycles. The summed E-state index contributed by atoms with van der Waals surface area (Å²) in [7, 11) is -3.81. The van der Waals surface area contributed by atoms with E-state index >= 15 is 0 Å². The fraction of sp³-hybridized carbons (Fsp3) is 0.250. The highest BCUT2D eigenvalue weighted by atomic mass is 32.2. The van der Waals surface area contributed by atoms with Gasteiger partial charge in [-0.25, -0.2) is 8.42 Å². The average molecular weight is 432 g/mol. The van der Waals surface area contributed by atoms with Crippen LogP contribution in [0.1, 0.15) is 36.0 Å². The van der Waals surface area contributed by atoms with Gasteiger partial charge in [0, 0.05) is 23.3 Å². The Kier molecular flexibility index (Phi) is 5.79. The van der Waals surface area contributed by atoms with Crippen molar-refractivity contribution in [2.75, 3.05) is 12.9 Å². The van der Waals surface area contributed by atoms with Crippen LogP contribution in [-0.4, -0.2) is 32.1 Å². The Hall–Kier alpha value is -3.40. The molecule has 0 saturated heterocycles. The Labute approximate surface area is 172 Å². The summed E-state index contributed by atoms with van der Waals surface area (Å²) in [6.45, 7) is 4.04. The number of nitrogens with zero attached hydrogens (tertiary/aromatic N) is 1. The highest BCUT2D eigenvalue weighted by molar-refractivity contribution is 7.90. The van der Waals surface area contributed by atoms with Gasteiger partial charge in [-0.15, -0.1) is 0 Å². The van der Waals surface area contributed by atoms with Crippen LogP contribution in [-0.2, 0) is 9.84 Å². The smallest absolute Gasteiger partial charge is 0.288 e. The molecule has 9 nitrogen and oxygen atoms in total. The van der Waals surface area contributed by atoms with E-state index in [-0.39, 0.29) is 5.56 Å². The molecule has 30 heavy (non-hydrogen) atoms. The predicted octanol–water partition coefficient (Wildman–Crippen LogP) is 3.63. The molecular formula is C20H20N2O7S. The van der Waals surface area contributed by atoms with E-state index in [0.717, 1.165) is 23.8 Å². The molecule has 0 aliphatic carbocycles. The first kappa shape index (κ1) is 21.3. The van der Waals surface area contributed by atoms with E-state index in [0.29, 0.717) is 23.7 Å². The molecule has 0 aliphatic rings. The third-order valence-corrected chi connectivity index (χ3v) is 5.56. The topological polar surface area (TPSA) is 129 Å². The molecule has 0 spiro atoms. The Bertz CT molecular complexity index is 1230. The molecular weight excluding hydrogens is 412 g/mol. The van der Waals surface area contributed by atoms with Crippen LogP contribution in [0.3, 0.4) is 0 Å². The van der Waals surface area contributed by atoms with Crippen molar-refractivity contribution in [2.45, 2.75) is 24.8 Å². The van der Waals surface area contributed by atoms with Crippen LogP contribution in [0.2, 0.25) is 0 Å². The van der Waals surface area contributed by atoms with E-state index in [2.05, 4.69) is 5.32 Å². The number of carbonyl (C=O) groups excluding carboxylic acids is 1. The standard InChI is InChI=1S/C20H20N2O7S/c1-4-28-16-7-5-6-13-11-17(29-19(13)16)12(2)21-20(23)14-8-9-18(30(3,26)27)15(10-14)22(24)25/h5-12H,4H2,1-3H3,(H,21,23). The first-order valence-electron chi connectivity index (χ1n) is 9.06. The van der Waals surface area contributed by atoms with E-state index in [1.54, 1.807) is 19.1 Å². The molecule has 0 fully saturated rings. The Morgan fingerprint density at radius 2 is 2.00 bits per heavy atom. The molecule has 0 aliphatic heterocycles. The Morgan fingerprint density at radius 3 is 2.63 bits per heavy atom. The number of ether oxygens (including phenoxy) is 1. The van der Waals surface area contributed by atoms with Crippen molar-refractivity contribution in [3.8, 4) is 5.75 Å². The van der Waals surface area contributed by atoms with Gasteiger partial charge in [0.05, 0.1) is 17.6 Å². The van der Waals surface area contributed by atoms with Crippen LogP contribution in [0.25, 0.3) is 11.0 Å². The molecule has 1 N–H and O–H groups in total. The molecule has 1 unspecified atom stereocenters.